The molecular weight excluding hydrogens is 646 g/mol. The summed E-state index contributed by atoms with van der Waals surface area (Å²) in [5.41, 5.74) is 8.40. The molecule has 1 amide bonds. The normalized spacial score (nSPS) is 14.7. The predicted molar refractivity (Wildman–Crippen MR) is 206 cm³/mol. The van der Waals surface area contributed by atoms with Crippen LogP contribution < -0.4 is 15.0 Å². The van der Waals surface area contributed by atoms with Gasteiger partial charge in [0.25, 0.3) is 5.91 Å². The maximum absolute atomic E-state index is 13.8. The number of halogens is 1. The van der Waals surface area contributed by atoms with E-state index in [0.29, 0.717) is 25.7 Å². The molecule has 1 saturated heterocycles. The van der Waals surface area contributed by atoms with Gasteiger partial charge >= 0.3 is 0 Å². The number of carbonyl (C=O) groups excluding carboxylic acids is 1. The summed E-state index contributed by atoms with van der Waals surface area (Å²) in [6.07, 6.45) is 5.87. The number of nitrogens with one attached hydrogen (secondary N) is 1. The Kier molecular flexibility index (Phi) is 13.9. The van der Waals surface area contributed by atoms with E-state index in [4.69, 9.17) is 14.2 Å². The van der Waals surface area contributed by atoms with E-state index in [1.807, 2.05) is 30.3 Å². The fraction of sp³-hybridized carbons (Fsp3) is 0.357. The molecule has 0 atom stereocenters. The van der Waals surface area contributed by atoms with Gasteiger partial charge < -0.3 is 24.4 Å². The van der Waals surface area contributed by atoms with Gasteiger partial charge in [0.05, 0.1) is 6.61 Å². The Hall–Kier alpha value is -4.14. The van der Waals surface area contributed by atoms with Crippen molar-refractivity contribution in [3.05, 3.63) is 119 Å². The lowest BCUT2D eigenvalue weighted by molar-refractivity contribution is -0.112. The van der Waals surface area contributed by atoms with E-state index >= 15 is 0 Å². The van der Waals surface area contributed by atoms with Crippen LogP contribution in [0.4, 0.5) is 11.4 Å². The molecule has 4 aromatic carbocycles. The van der Waals surface area contributed by atoms with E-state index in [1.165, 1.54) is 11.1 Å². The average Bonchev–Trinajstić information content (AvgIpc) is 3.32. The Balaban J connectivity index is 0.00000486. The van der Waals surface area contributed by atoms with Gasteiger partial charge in [0.1, 0.15) is 12.4 Å². The third-order valence-corrected chi connectivity index (χ3v) is 9.35. The van der Waals surface area contributed by atoms with Crippen LogP contribution >= 0.6 is 12.4 Å². The van der Waals surface area contributed by atoms with Crippen LogP contribution in [0.1, 0.15) is 49.3 Å². The Morgan fingerprint density at radius 3 is 2.36 bits per heavy atom. The zero-order valence-corrected chi connectivity index (χ0v) is 30.1. The second-order valence-electron chi connectivity index (χ2n) is 13.0. The standard InChI is InChI=1S/C42H49N3O4.ClH/c1-3-23-47-26-27-49-40-16-11-34(12-17-40)35-13-18-41-37(28-35)29-36(19-22-45(41)31-32-7-5-4-6-8-32)42(46)43-38-14-9-33(10-15-38)30-44(2)39-20-24-48-25-21-39;/h4-18,28-29,39H,3,19-27,30-31H2,1-2H3,(H,43,46);1H. The number of carbonyl (C=O) groups is 1. The number of nitrogens with zero attached hydrogens (tertiary/aromatic N) is 2. The molecule has 264 valence electrons. The summed E-state index contributed by atoms with van der Waals surface area (Å²) in [5, 5.41) is 3.18. The summed E-state index contributed by atoms with van der Waals surface area (Å²) in [4.78, 5) is 18.6. The number of hydrogen-bond acceptors (Lipinski definition) is 6. The van der Waals surface area contributed by atoms with Crippen molar-refractivity contribution in [2.75, 3.05) is 56.8 Å². The SMILES string of the molecule is CCCOCCOc1ccc(-c2ccc3c(c2)C=C(C(=O)Nc2ccc(CN(C)C4CCOCC4)cc2)CCN3Cc2ccccc2)cc1.Cl. The smallest absolute Gasteiger partial charge is 0.251 e. The second-order valence-corrected chi connectivity index (χ2v) is 13.0. The van der Waals surface area contributed by atoms with Gasteiger partial charge in [-0.15, -0.1) is 12.4 Å². The molecule has 2 heterocycles. The molecule has 0 bridgehead atoms. The van der Waals surface area contributed by atoms with Crippen molar-refractivity contribution < 1.29 is 19.0 Å². The highest BCUT2D eigenvalue weighted by molar-refractivity contribution is 6.07. The largest absolute Gasteiger partial charge is 0.491 e. The van der Waals surface area contributed by atoms with E-state index in [2.05, 4.69) is 102 Å². The fourth-order valence-electron chi connectivity index (χ4n) is 6.58. The molecule has 1 fully saturated rings. The highest BCUT2D eigenvalue weighted by atomic mass is 35.5. The maximum Gasteiger partial charge on any atom is 0.251 e. The van der Waals surface area contributed by atoms with Gasteiger partial charge in [-0.05, 0) is 103 Å². The number of anilines is 2. The molecular formula is C42H50ClN3O4. The summed E-state index contributed by atoms with van der Waals surface area (Å²) in [5.74, 6) is 0.764. The molecule has 0 aromatic heterocycles. The van der Waals surface area contributed by atoms with Crippen LogP contribution in [0.15, 0.2) is 103 Å². The highest BCUT2D eigenvalue weighted by Gasteiger charge is 2.21. The quantitative estimate of drug-likeness (QED) is 0.133. The number of benzene rings is 4. The number of ether oxygens (including phenoxy) is 3. The van der Waals surface area contributed by atoms with Gasteiger partial charge in [-0.25, -0.2) is 0 Å². The maximum atomic E-state index is 13.8. The summed E-state index contributed by atoms with van der Waals surface area (Å²) < 4.78 is 16.9. The van der Waals surface area contributed by atoms with E-state index in [9.17, 15) is 4.79 Å². The summed E-state index contributed by atoms with van der Waals surface area (Å²) in [6, 6.07) is 34.1. The molecule has 4 aromatic rings. The lowest BCUT2D eigenvalue weighted by atomic mass is 10.00. The lowest BCUT2D eigenvalue weighted by Crippen LogP contribution is -2.36. The number of amides is 1. The van der Waals surface area contributed by atoms with Gasteiger partial charge in [0, 0.05) is 62.4 Å². The predicted octanol–water partition coefficient (Wildman–Crippen LogP) is 8.62. The molecule has 2 aliphatic heterocycles. The van der Waals surface area contributed by atoms with E-state index < -0.39 is 0 Å². The first kappa shape index (κ1) is 37.1. The van der Waals surface area contributed by atoms with Crippen molar-refractivity contribution in [1.29, 1.82) is 0 Å². The van der Waals surface area contributed by atoms with Crippen LogP contribution in [0.2, 0.25) is 0 Å². The van der Waals surface area contributed by atoms with Crippen molar-refractivity contribution >= 4 is 35.8 Å². The minimum atomic E-state index is -0.0607. The molecule has 0 saturated carbocycles. The zero-order chi connectivity index (χ0) is 33.8. The first-order chi connectivity index (χ1) is 24.1. The topological polar surface area (TPSA) is 63.3 Å². The van der Waals surface area contributed by atoms with Crippen LogP contribution in [-0.2, 0) is 27.4 Å². The lowest BCUT2D eigenvalue weighted by Gasteiger charge is -2.31. The summed E-state index contributed by atoms with van der Waals surface area (Å²) in [6.45, 7) is 8.04. The number of fused-ring (bicyclic) bond motifs is 1. The van der Waals surface area contributed by atoms with Crippen LogP contribution in [-0.4, -0.2) is 63.5 Å². The van der Waals surface area contributed by atoms with Crippen molar-refractivity contribution in [2.45, 2.75) is 51.7 Å². The Bertz CT molecular complexity index is 1670. The van der Waals surface area contributed by atoms with Gasteiger partial charge in [0.15, 0.2) is 0 Å². The molecule has 8 heteroatoms. The van der Waals surface area contributed by atoms with Crippen LogP contribution in [0.5, 0.6) is 5.75 Å². The molecule has 1 N–H and O–H groups in total. The summed E-state index contributed by atoms with van der Waals surface area (Å²) in [7, 11) is 2.18. The first-order valence-electron chi connectivity index (χ1n) is 17.7. The highest BCUT2D eigenvalue weighted by Crippen LogP contribution is 2.34. The Morgan fingerprint density at radius 2 is 1.62 bits per heavy atom. The van der Waals surface area contributed by atoms with Crippen molar-refractivity contribution in [3.8, 4) is 16.9 Å². The molecule has 6 rings (SSSR count). The molecule has 2 aliphatic rings. The zero-order valence-electron chi connectivity index (χ0n) is 29.3. The van der Waals surface area contributed by atoms with Crippen LogP contribution in [0.3, 0.4) is 0 Å². The fourth-order valence-corrected chi connectivity index (χ4v) is 6.58. The van der Waals surface area contributed by atoms with Crippen molar-refractivity contribution in [1.82, 2.24) is 4.90 Å². The monoisotopic (exact) mass is 695 g/mol. The minimum Gasteiger partial charge on any atom is -0.491 e. The van der Waals surface area contributed by atoms with Crippen molar-refractivity contribution in [3.63, 3.8) is 0 Å². The molecule has 0 spiro atoms. The van der Waals surface area contributed by atoms with Crippen LogP contribution in [0.25, 0.3) is 17.2 Å². The second kappa shape index (κ2) is 18.7. The summed E-state index contributed by atoms with van der Waals surface area (Å²) >= 11 is 0. The van der Waals surface area contributed by atoms with Gasteiger partial charge in [-0.3, -0.25) is 9.69 Å². The van der Waals surface area contributed by atoms with Crippen LogP contribution in [0, 0.1) is 0 Å². The third kappa shape index (κ3) is 10.2. The first-order valence-corrected chi connectivity index (χ1v) is 17.7. The van der Waals surface area contributed by atoms with Gasteiger partial charge in [-0.2, -0.15) is 0 Å². The average molecular weight is 696 g/mol. The number of rotatable bonds is 14. The van der Waals surface area contributed by atoms with Gasteiger partial charge in [-0.1, -0.05) is 67.6 Å². The molecule has 0 radical (unpaired) electrons. The number of hydrogen-bond donors (Lipinski definition) is 1. The van der Waals surface area contributed by atoms with E-state index in [0.717, 1.165) is 98.1 Å². The van der Waals surface area contributed by atoms with E-state index in [1.54, 1.807) is 0 Å². The van der Waals surface area contributed by atoms with E-state index in [-0.39, 0.29) is 18.3 Å². The molecule has 0 aliphatic carbocycles. The molecule has 50 heavy (non-hydrogen) atoms. The Labute approximate surface area is 303 Å². The van der Waals surface area contributed by atoms with Crippen molar-refractivity contribution in [2.24, 2.45) is 0 Å². The Morgan fingerprint density at radius 1 is 0.880 bits per heavy atom. The van der Waals surface area contributed by atoms with Gasteiger partial charge in [0.2, 0.25) is 0 Å². The third-order valence-electron chi connectivity index (χ3n) is 9.35. The molecule has 7 nitrogen and oxygen atoms in total. The molecule has 0 unspecified atom stereocenters. The minimum absolute atomic E-state index is 0.